The van der Waals surface area contributed by atoms with Crippen LogP contribution in [0.2, 0.25) is 5.31 Å². The van der Waals surface area contributed by atoms with Crippen LogP contribution in [0.4, 0.5) is 0 Å². The second-order valence-corrected chi connectivity index (χ2v) is 5.78. The van der Waals surface area contributed by atoms with Gasteiger partial charge >= 0.3 is 0 Å². The van der Waals surface area contributed by atoms with E-state index in [9.17, 15) is 4.79 Å². The molecule has 1 rings (SSSR count). The van der Waals surface area contributed by atoms with Crippen LogP contribution >= 0.6 is 0 Å². The molecule has 3 heteroatoms. The third-order valence-electron chi connectivity index (χ3n) is 3.94. The molecule has 16 heavy (non-hydrogen) atoms. The number of hydrogen-bond donors (Lipinski definition) is 0. The number of hydrogen-bond acceptors (Lipinski definition) is 1. The van der Waals surface area contributed by atoms with Gasteiger partial charge in [-0.15, -0.1) is 0 Å². The molecule has 2 radical (unpaired) electrons. The number of amides is 1. The quantitative estimate of drug-likeness (QED) is 0.623. The zero-order valence-electron chi connectivity index (χ0n) is 11.1. The summed E-state index contributed by atoms with van der Waals surface area (Å²) >= 11 is 0. The molecule has 1 aliphatic rings. The van der Waals surface area contributed by atoms with Gasteiger partial charge < -0.3 is 4.90 Å². The average molecular weight is 221 g/mol. The fraction of sp³-hybridized carbons (Fsp3) is 0.923. The standard InChI is InChI=1S/C13H24BNO/c1-10-9-13(3,14)8-6-5-7-12(10)15(4)11(2)16/h10,12H,5-9H2,1-4H3. The SMILES string of the molecule is [B]C1(C)CCCCC(N(C)C(C)=O)C(C)C1. The molecular weight excluding hydrogens is 197 g/mol. The minimum Gasteiger partial charge on any atom is -0.343 e. The first kappa shape index (κ1) is 13.6. The molecule has 3 unspecified atom stereocenters. The molecule has 0 N–H and O–H groups in total. The van der Waals surface area contributed by atoms with Gasteiger partial charge in [0.15, 0.2) is 0 Å². The number of rotatable bonds is 1. The van der Waals surface area contributed by atoms with Crippen molar-refractivity contribution in [1.29, 1.82) is 0 Å². The maximum atomic E-state index is 11.4. The number of carbonyl (C=O) groups is 1. The lowest BCUT2D eigenvalue weighted by Crippen LogP contribution is -2.41. The van der Waals surface area contributed by atoms with Crippen LogP contribution in [0.3, 0.4) is 0 Å². The molecule has 1 fully saturated rings. The van der Waals surface area contributed by atoms with Crippen LogP contribution in [0.25, 0.3) is 0 Å². The molecule has 1 saturated carbocycles. The topological polar surface area (TPSA) is 20.3 Å². The van der Waals surface area contributed by atoms with Crippen LogP contribution in [-0.4, -0.2) is 31.7 Å². The van der Waals surface area contributed by atoms with E-state index in [1.165, 1.54) is 12.8 Å². The first-order valence-electron chi connectivity index (χ1n) is 6.36. The van der Waals surface area contributed by atoms with E-state index in [1.54, 1.807) is 6.92 Å². The highest BCUT2D eigenvalue weighted by Gasteiger charge is 2.30. The van der Waals surface area contributed by atoms with Crippen molar-refractivity contribution in [2.24, 2.45) is 5.92 Å². The fourth-order valence-corrected chi connectivity index (χ4v) is 2.95. The molecule has 0 aliphatic heterocycles. The molecule has 2 nitrogen and oxygen atoms in total. The normalized spacial score (nSPS) is 36.2. The molecule has 1 amide bonds. The second-order valence-electron chi connectivity index (χ2n) is 5.78. The molecule has 0 bridgehead atoms. The van der Waals surface area contributed by atoms with Crippen molar-refractivity contribution >= 4 is 13.8 Å². The molecule has 0 aromatic heterocycles. The lowest BCUT2D eigenvalue weighted by molar-refractivity contribution is -0.130. The van der Waals surface area contributed by atoms with Gasteiger partial charge in [0.1, 0.15) is 0 Å². The molecule has 3 atom stereocenters. The van der Waals surface area contributed by atoms with Crippen LogP contribution < -0.4 is 0 Å². The predicted molar refractivity (Wildman–Crippen MR) is 68.6 cm³/mol. The van der Waals surface area contributed by atoms with Crippen molar-refractivity contribution in [2.75, 3.05) is 7.05 Å². The van der Waals surface area contributed by atoms with E-state index >= 15 is 0 Å². The molecule has 0 spiro atoms. The van der Waals surface area contributed by atoms with Gasteiger partial charge in [0, 0.05) is 20.0 Å². The highest BCUT2D eigenvalue weighted by Crippen LogP contribution is 2.40. The molecular formula is C13H24BNO. The Bertz CT molecular complexity index is 252. The van der Waals surface area contributed by atoms with Crippen molar-refractivity contribution < 1.29 is 4.79 Å². The summed E-state index contributed by atoms with van der Waals surface area (Å²) in [6.45, 7) is 6.01. The summed E-state index contributed by atoms with van der Waals surface area (Å²) in [7, 11) is 8.19. The van der Waals surface area contributed by atoms with E-state index in [1.807, 2.05) is 11.9 Å². The first-order valence-corrected chi connectivity index (χ1v) is 6.36. The van der Waals surface area contributed by atoms with Crippen LogP contribution in [0.15, 0.2) is 0 Å². The van der Waals surface area contributed by atoms with Crippen LogP contribution in [0, 0.1) is 5.92 Å². The van der Waals surface area contributed by atoms with E-state index in [0.29, 0.717) is 12.0 Å². The van der Waals surface area contributed by atoms with Crippen molar-refractivity contribution in [1.82, 2.24) is 4.90 Å². The highest BCUT2D eigenvalue weighted by molar-refractivity contribution is 6.14. The van der Waals surface area contributed by atoms with E-state index in [-0.39, 0.29) is 11.2 Å². The third kappa shape index (κ3) is 3.53. The summed E-state index contributed by atoms with van der Waals surface area (Å²) in [6, 6.07) is 0.362. The lowest BCUT2D eigenvalue weighted by atomic mass is 9.61. The first-order chi connectivity index (χ1) is 7.33. The summed E-state index contributed by atoms with van der Waals surface area (Å²) in [5, 5.41) is -0.0598. The van der Waals surface area contributed by atoms with Crippen molar-refractivity contribution in [3.05, 3.63) is 0 Å². The largest absolute Gasteiger partial charge is 0.343 e. The Morgan fingerprint density at radius 3 is 2.62 bits per heavy atom. The predicted octanol–water partition coefficient (Wildman–Crippen LogP) is 2.78. The molecule has 0 heterocycles. The van der Waals surface area contributed by atoms with Gasteiger partial charge in [-0.05, 0) is 12.3 Å². The van der Waals surface area contributed by atoms with Crippen molar-refractivity contribution in [2.45, 2.75) is 64.2 Å². The number of carbonyl (C=O) groups excluding carboxylic acids is 1. The summed E-state index contributed by atoms with van der Waals surface area (Å²) < 4.78 is 0. The zero-order valence-corrected chi connectivity index (χ0v) is 11.1. The molecule has 0 aromatic carbocycles. The van der Waals surface area contributed by atoms with E-state index in [4.69, 9.17) is 7.85 Å². The van der Waals surface area contributed by atoms with Crippen LogP contribution in [0.5, 0.6) is 0 Å². The lowest BCUT2D eigenvalue weighted by Gasteiger charge is -2.39. The van der Waals surface area contributed by atoms with E-state index in [0.717, 1.165) is 19.3 Å². The molecule has 0 saturated heterocycles. The van der Waals surface area contributed by atoms with Gasteiger partial charge in [-0.2, -0.15) is 0 Å². The monoisotopic (exact) mass is 221 g/mol. The Morgan fingerprint density at radius 1 is 1.44 bits per heavy atom. The molecule has 1 aliphatic carbocycles. The van der Waals surface area contributed by atoms with Crippen molar-refractivity contribution in [3.63, 3.8) is 0 Å². The van der Waals surface area contributed by atoms with Crippen LogP contribution in [0.1, 0.15) is 52.9 Å². The molecule has 0 aromatic rings. The minimum absolute atomic E-state index is 0.0598. The van der Waals surface area contributed by atoms with Crippen molar-refractivity contribution in [3.8, 4) is 0 Å². The van der Waals surface area contributed by atoms with Gasteiger partial charge in [-0.3, -0.25) is 4.79 Å². The molecule has 90 valence electrons. The van der Waals surface area contributed by atoms with Crippen LogP contribution in [-0.2, 0) is 4.79 Å². The smallest absolute Gasteiger partial charge is 0.219 e. The highest BCUT2D eigenvalue weighted by atomic mass is 16.2. The Morgan fingerprint density at radius 2 is 2.06 bits per heavy atom. The van der Waals surface area contributed by atoms with Gasteiger partial charge in [0.2, 0.25) is 5.91 Å². The third-order valence-corrected chi connectivity index (χ3v) is 3.94. The van der Waals surface area contributed by atoms with Gasteiger partial charge in [-0.25, -0.2) is 0 Å². The minimum atomic E-state index is -0.0598. The van der Waals surface area contributed by atoms with E-state index < -0.39 is 0 Å². The maximum absolute atomic E-state index is 11.4. The maximum Gasteiger partial charge on any atom is 0.219 e. The summed E-state index contributed by atoms with van der Waals surface area (Å²) in [5.74, 6) is 0.653. The Hall–Kier alpha value is -0.465. The second kappa shape index (κ2) is 5.24. The van der Waals surface area contributed by atoms with Gasteiger partial charge in [0.05, 0.1) is 7.85 Å². The average Bonchev–Trinajstić information content (AvgIpc) is 2.13. The van der Waals surface area contributed by atoms with E-state index in [2.05, 4.69) is 13.8 Å². The summed E-state index contributed by atoms with van der Waals surface area (Å²) in [4.78, 5) is 13.3. The Labute approximate surface area is 101 Å². The Kier molecular flexibility index (Phi) is 4.46. The van der Waals surface area contributed by atoms with Gasteiger partial charge in [-0.1, -0.05) is 44.8 Å². The Balaban J connectivity index is 2.72. The summed E-state index contributed by atoms with van der Waals surface area (Å²) in [5.41, 5.74) is 0. The van der Waals surface area contributed by atoms with Gasteiger partial charge in [0.25, 0.3) is 0 Å². The zero-order chi connectivity index (χ0) is 12.3. The fourth-order valence-electron chi connectivity index (χ4n) is 2.95. The summed E-state index contributed by atoms with van der Waals surface area (Å²) in [6.07, 6.45) is 5.60. The number of nitrogens with zero attached hydrogens (tertiary/aromatic N) is 1.